The van der Waals surface area contributed by atoms with E-state index in [9.17, 15) is 9.90 Å². The lowest BCUT2D eigenvalue weighted by Crippen LogP contribution is -3.00. The van der Waals surface area contributed by atoms with Crippen molar-refractivity contribution in [3.8, 4) is 0 Å². The number of carbonyl (C=O) groups is 1. The van der Waals surface area contributed by atoms with Gasteiger partial charge in [-0.2, -0.15) is 0 Å². The molecular weight excluding hydrogens is 298 g/mol. The average molecular weight is 320 g/mol. The highest BCUT2D eigenvalue weighted by Crippen LogP contribution is 2.13. The summed E-state index contributed by atoms with van der Waals surface area (Å²) in [7, 11) is 0. The lowest BCUT2D eigenvalue weighted by molar-refractivity contribution is -0.693. The van der Waals surface area contributed by atoms with Crippen LogP contribution in [-0.4, -0.2) is 23.5 Å². The molecule has 0 bridgehead atoms. The van der Waals surface area contributed by atoms with Gasteiger partial charge in [0.05, 0.1) is 13.0 Å². The Morgan fingerprint density at radius 2 is 1.59 bits per heavy atom. The predicted octanol–water partition coefficient (Wildman–Crippen LogP) is -1.05. The summed E-state index contributed by atoms with van der Waals surface area (Å²) in [4.78, 5) is 12.0. The Bertz CT molecular complexity index is 560. The van der Waals surface area contributed by atoms with Gasteiger partial charge in [0.2, 0.25) is 0 Å². The van der Waals surface area contributed by atoms with Gasteiger partial charge in [-0.15, -0.1) is 0 Å². The van der Waals surface area contributed by atoms with E-state index >= 15 is 0 Å². The van der Waals surface area contributed by atoms with E-state index in [1.807, 2.05) is 72.9 Å². The van der Waals surface area contributed by atoms with Crippen molar-refractivity contribution in [2.24, 2.45) is 0 Å². The first-order valence-corrected chi connectivity index (χ1v) is 7.33. The van der Waals surface area contributed by atoms with Crippen LogP contribution in [0.5, 0.6) is 0 Å². The number of nitrogens with two attached hydrogens (primary N) is 1. The zero-order valence-electron chi connectivity index (χ0n) is 12.7. The summed E-state index contributed by atoms with van der Waals surface area (Å²) < 4.78 is 0. The normalized spacial score (nSPS) is 13.0. The molecule has 2 atom stereocenters. The first-order valence-electron chi connectivity index (χ1n) is 7.33. The Kier molecular flexibility index (Phi) is 7.82. The number of benzene rings is 2. The Morgan fingerprint density at radius 3 is 2.18 bits per heavy atom. The minimum atomic E-state index is -0.516. The van der Waals surface area contributed by atoms with E-state index in [0.717, 1.165) is 11.1 Å². The highest BCUT2D eigenvalue weighted by atomic mass is 35.5. The predicted molar refractivity (Wildman–Crippen MR) is 83.0 cm³/mol. The molecule has 0 fully saturated rings. The van der Waals surface area contributed by atoms with Crippen molar-refractivity contribution in [2.45, 2.75) is 25.5 Å². The molecule has 0 aliphatic heterocycles. The second-order valence-electron chi connectivity index (χ2n) is 5.28. The Balaban J connectivity index is 0.00000242. The molecule has 3 nitrogen and oxygen atoms in total. The molecule has 0 aromatic heterocycles. The van der Waals surface area contributed by atoms with Crippen molar-refractivity contribution >= 4 is 5.78 Å². The monoisotopic (exact) mass is 319 g/mol. The van der Waals surface area contributed by atoms with E-state index in [1.165, 1.54) is 0 Å². The van der Waals surface area contributed by atoms with Gasteiger partial charge in [0, 0.05) is 5.56 Å². The molecule has 0 aliphatic carbocycles. The van der Waals surface area contributed by atoms with Crippen LogP contribution in [0.25, 0.3) is 0 Å². The summed E-state index contributed by atoms with van der Waals surface area (Å²) in [6.45, 7) is 2.66. The van der Waals surface area contributed by atoms with Crippen molar-refractivity contribution in [3.63, 3.8) is 0 Å². The fourth-order valence-corrected chi connectivity index (χ4v) is 2.33. The quantitative estimate of drug-likeness (QED) is 0.640. The zero-order valence-corrected chi connectivity index (χ0v) is 13.4. The second kappa shape index (κ2) is 9.36. The van der Waals surface area contributed by atoms with Crippen molar-refractivity contribution in [2.75, 3.05) is 6.54 Å². The van der Waals surface area contributed by atoms with Gasteiger partial charge in [-0.3, -0.25) is 4.79 Å². The molecule has 2 unspecified atom stereocenters. The highest BCUT2D eigenvalue weighted by molar-refractivity contribution is 5.95. The van der Waals surface area contributed by atoms with Crippen LogP contribution in [0.3, 0.4) is 0 Å². The van der Waals surface area contributed by atoms with Crippen LogP contribution in [0.4, 0.5) is 0 Å². The lowest BCUT2D eigenvalue weighted by atomic mass is 10.0. The minimum absolute atomic E-state index is 0. The molecule has 22 heavy (non-hydrogen) atoms. The molecule has 0 spiro atoms. The van der Waals surface area contributed by atoms with Gasteiger partial charge in [-0.25, -0.2) is 0 Å². The lowest BCUT2D eigenvalue weighted by Gasteiger charge is -2.17. The van der Waals surface area contributed by atoms with E-state index in [0.29, 0.717) is 13.0 Å². The molecule has 3 N–H and O–H groups in total. The van der Waals surface area contributed by atoms with Gasteiger partial charge in [-0.1, -0.05) is 60.7 Å². The van der Waals surface area contributed by atoms with Gasteiger partial charge in [0.1, 0.15) is 12.1 Å². The van der Waals surface area contributed by atoms with Crippen LogP contribution >= 0.6 is 0 Å². The molecule has 4 heteroatoms. The zero-order chi connectivity index (χ0) is 15.1. The van der Waals surface area contributed by atoms with Crippen LogP contribution in [0.1, 0.15) is 35.4 Å². The first-order chi connectivity index (χ1) is 10.2. The third-order valence-corrected chi connectivity index (χ3v) is 3.64. The summed E-state index contributed by atoms with van der Waals surface area (Å²) in [6.07, 6.45) is -0.0337. The minimum Gasteiger partial charge on any atom is -1.00 e. The van der Waals surface area contributed by atoms with Crippen molar-refractivity contribution in [3.05, 3.63) is 71.8 Å². The van der Waals surface area contributed by atoms with Crippen molar-refractivity contribution in [1.29, 1.82) is 0 Å². The number of hydrogen-bond donors (Lipinski definition) is 2. The number of halogens is 1. The molecule has 2 aromatic carbocycles. The molecule has 2 rings (SSSR count). The molecule has 0 aliphatic rings. The molecule has 0 amide bonds. The highest BCUT2D eigenvalue weighted by Gasteiger charge is 2.19. The van der Waals surface area contributed by atoms with Gasteiger partial charge >= 0.3 is 0 Å². The van der Waals surface area contributed by atoms with E-state index in [4.69, 9.17) is 0 Å². The van der Waals surface area contributed by atoms with Gasteiger partial charge in [0.25, 0.3) is 0 Å². The summed E-state index contributed by atoms with van der Waals surface area (Å²) in [5, 5.41) is 12.3. The molecule has 0 saturated heterocycles. The van der Waals surface area contributed by atoms with Gasteiger partial charge in [0.15, 0.2) is 5.78 Å². The maximum Gasteiger partial charge on any atom is 0.168 e. The maximum atomic E-state index is 12.0. The Hall–Kier alpha value is -1.68. The number of aliphatic hydroxyl groups is 1. The van der Waals surface area contributed by atoms with E-state index in [-0.39, 0.29) is 24.2 Å². The van der Waals surface area contributed by atoms with Crippen molar-refractivity contribution in [1.82, 2.24) is 0 Å². The fourth-order valence-electron chi connectivity index (χ4n) is 2.33. The van der Waals surface area contributed by atoms with Crippen LogP contribution in [0.15, 0.2) is 60.7 Å². The molecule has 118 valence electrons. The summed E-state index contributed by atoms with van der Waals surface area (Å²) in [5.41, 5.74) is 1.66. The smallest absolute Gasteiger partial charge is 0.168 e. The number of aliphatic hydroxyl groups excluding tert-OH is 1. The average Bonchev–Trinajstić information content (AvgIpc) is 2.55. The number of ketones is 1. The second-order valence-corrected chi connectivity index (χ2v) is 5.28. The van der Waals surface area contributed by atoms with Crippen LogP contribution in [0, 0.1) is 0 Å². The number of carbonyl (C=O) groups excluding carboxylic acids is 1. The number of hydrogen-bond acceptors (Lipinski definition) is 2. The number of quaternary nitrogens is 1. The largest absolute Gasteiger partial charge is 1.00 e. The number of rotatable bonds is 7. The molecule has 0 radical (unpaired) electrons. The molecule has 0 saturated carbocycles. The van der Waals surface area contributed by atoms with Crippen LogP contribution in [0.2, 0.25) is 0 Å². The van der Waals surface area contributed by atoms with E-state index in [1.54, 1.807) is 0 Å². The summed E-state index contributed by atoms with van der Waals surface area (Å²) in [6, 6.07) is 19.0. The Labute approximate surface area is 137 Å². The SMILES string of the molecule is CC([NH2+]CCC(=O)c1ccccc1)C(O)c1ccccc1.[Cl-]. The van der Waals surface area contributed by atoms with Crippen molar-refractivity contribution < 1.29 is 27.6 Å². The summed E-state index contributed by atoms with van der Waals surface area (Å²) >= 11 is 0. The van der Waals surface area contributed by atoms with Crippen LogP contribution < -0.4 is 17.7 Å². The molecule has 0 heterocycles. The first kappa shape index (κ1) is 18.4. The van der Waals surface area contributed by atoms with E-state index < -0.39 is 6.10 Å². The maximum absolute atomic E-state index is 12.0. The van der Waals surface area contributed by atoms with Crippen LogP contribution in [-0.2, 0) is 0 Å². The van der Waals surface area contributed by atoms with E-state index in [2.05, 4.69) is 0 Å². The Morgan fingerprint density at radius 1 is 1.05 bits per heavy atom. The number of Topliss-reactive ketones (excluding diaryl/α,β-unsaturated/α-hetero) is 1. The third-order valence-electron chi connectivity index (χ3n) is 3.64. The van der Waals surface area contributed by atoms with Gasteiger partial charge < -0.3 is 22.8 Å². The topological polar surface area (TPSA) is 53.9 Å². The van der Waals surface area contributed by atoms with Gasteiger partial charge in [-0.05, 0) is 12.5 Å². The standard InChI is InChI=1S/C18H21NO2.ClH/c1-14(18(21)16-10-6-3-7-11-16)19-13-12-17(20)15-8-4-2-5-9-15;/h2-11,14,18-19,21H,12-13H2,1H3;1H. The summed E-state index contributed by atoms with van der Waals surface area (Å²) in [5.74, 6) is 0.147. The molecular formula is C18H22ClNO2. The fraction of sp³-hybridized carbons (Fsp3) is 0.278. The third kappa shape index (κ3) is 5.26. The molecule has 2 aromatic rings.